The van der Waals surface area contributed by atoms with Crippen LogP contribution in [0.15, 0.2) is 24.3 Å². The van der Waals surface area contributed by atoms with E-state index in [1.54, 1.807) is 25.1 Å². The lowest BCUT2D eigenvalue weighted by Gasteiger charge is -1.96. The molecular formula is C12H10O4S. The minimum atomic E-state index is -0.844. The van der Waals surface area contributed by atoms with Crippen LogP contribution in [0.3, 0.4) is 0 Å². The van der Waals surface area contributed by atoms with Gasteiger partial charge in [0.25, 0.3) is 5.78 Å². The molecule has 0 saturated heterocycles. The summed E-state index contributed by atoms with van der Waals surface area (Å²) >= 11 is 1.21. The summed E-state index contributed by atoms with van der Waals surface area (Å²) in [5, 5.41) is 10.0. The highest BCUT2D eigenvalue weighted by Gasteiger charge is 2.19. The molecular weight excluding hydrogens is 240 g/mol. The van der Waals surface area contributed by atoms with Crippen LogP contribution in [0, 0.1) is 0 Å². The topological polar surface area (TPSA) is 63.6 Å². The summed E-state index contributed by atoms with van der Waals surface area (Å²) in [5.41, 5.74) is 0. The number of phenolic OH excluding ortho intramolecular Hbond substituents is 1. The number of hydrogen-bond acceptors (Lipinski definition) is 5. The summed E-state index contributed by atoms with van der Waals surface area (Å²) in [6.45, 7) is 1.82. The van der Waals surface area contributed by atoms with Crippen molar-refractivity contribution >= 4 is 33.2 Å². The maximum absolute atomic E-state index is 11.7. The van der Waals surface area contributed by atoms with Crippen LogP contribution in [0.25, 0.3) is 10.1 Å². The van der Waals surface area contributed by atoms with Gasteiger partial charge in [0.2, 0.25) is 0 Å². The molecule has 4 nitrogen and oxygen atoms in total. The average Bonchev–Trinajstić information content (AvgIpc) is 2.71. The molecule has 0 radical (unpaired) electrons. The number of ketones is 1. The fourth-order valence-electron chi connectivity index (χ4n) is 1.44. The standard InChI is InChI=1S/C12H10O4S/c1-2-16-12(15)11(14)10-6-7-5-8(13)3-4-9(7)17-10/h3-6,13H,2H2,1H3. The van der Waals surface area contributed by atoms with E-state index in [1.165, 1.54) is 17.4 Å². The van der Waals surface area contributed by atoms with Gasteiger partial charge in [-0.15, -0.1) is 11.3 Å². The molecule has 0 aliphatic rings. The van der Waals surface area contributed by atoms with Crippen molar-refractivity contribution in [2.45, 2.75) is 6.92 Å². The number of carbonyl (C=O) groups is 2. The third-order valence-corrected chi connectivity index (χ3v) is 3.30. The highest BCUT2D eigenvalue weighted by atomic mass is 32.1. The summed E-state index contributed by atoms with van der Waals surface area (Å²) < 4.78 is 5.49. The molecule has 1 aromatic heterocycles. The summed E-state index contributed by atoms with van der Waals surface area (Å²) in [7, 11) is 0. The van der Waals surface area contributed by atoms with Crippen molar-refractivity contribution in [3.8, 4) is 5.75 Å². The molecule has 5 heteroatoms. The predicted octanol–water partition coefficient (Wildman–Crippen LogP) is 2.35. The average molecular weight is 250 g/mol. The number of aromatic hydroxyl groups is 1. The Labute approximate surface area is 101 Å². The highest BCUT2D eigenvalue weighted by molar-refractivity contribution is 7.21. The molecule has 0 fully saturated rings. The Morgan fingerprint density at radius 2 is 2.12 bits per heavy atom. The molecule has 0 atom stereocenters. The van der Waals surface area contributed by atoms with E-state index in [0.717, 1.165) is 10.1 Å². The van der Waals surface area contributed by atoms with Crippen molar-refractivity contribution in [1.29, 1.82) is 0 Å². The second-order valence-electron chi connectivity index (χ2n) is 3.38. The van der Waals surface area contributed by atoms with Crippen molar-refractivity contribution < 1.29 is 19.4 Å². The van der Waals surface area contributed by atoms with Crippen LogP contribution >= 0.6 is 11.3 Å². The van der Waals surface area contributed by atoms with Crippen LogP contribution in [0.5, 0.6) is 5.75 Å². The first-order chi connectivity index (χ1) is 8.11. The van der Waals surface area contributed by atoms with E-state index in [2.05, 4.69) is 4.74 Å². The van der Waals surface area contributed by atoms with Crippen LogP contribution in [-0.2, 0) is 9.53 Å². The number of rotatable bonds is 3. The quantitative estimate of drug-likeness (QED) is 0.516. The lowest BCUT2D eigenvalue weighted by atomic mass is 10.2. The maximum atomic E-state index is 11.7. The third-order valence-electron chi connectivity index (χ3n) is 2.18. The first-order valence-corrected chi connectivity index (χ1v) is 5.87. The van der Waals surface area contributed by atoms with Gasteiger partial charge in [0, 0.05) is 4.70 Å². The van der Waals surface area contributed by atoms with E-state index in [-0.39, 0.29) is 12.4 Å². The van der Waals surface area contributed by atoms with Crippen LogP contribution < -0.4 is 0 Å². The van der Waals surface area contributed by atoms with Gasteiger partial charge >= 0.3 is 5.97 Å². The number of Topliss-reactive ketones (excluding diaryl/α,β-unsaturated/α-hetero) is 1. The van der Waals surface area contributed by atoms with Crippen LogP contribution in [-0.4, -0.2) is 23.5 Å². The van der Waals surface area contributed by atoms with Gasteiger partial charge in [0.15, 0.2) is 0 Å². The van der Waals surface area contributed by atoms with Crippen molar-refractivity contribution in [1.82, 2.24) is 0 Å². The summed E-state index contributed by atoms with van der Waals surface area (Å²) in [6, 6.07) is 6.38. The zero-order chi connectivity index (χ0) is 12.4. The van der Waals surface area contributed by atoms with Gasteiger partial charge in [-0.2, -0.15) is 0 Å². The summed E-state index contributed by atoms with van der Waals surface area (Å²) in [5.74, 6) is -1.36. The largest absolute Gasteiger partial charge is 0.508 e. The van der Waals surface area contributed by atoms with Gasteiger partial charge in [-0.05, 0) is 36.6 Å². The first-order valence-electron chi connectivity index (χ1n) is 5.06. The minimum Gasteiger partial charge on any atom is -0.508 e. The second-order valence-corrected chi connectivity index (χ2v) is 4.47. The highest BCUT2D eigenvalue weighted by Crippen LogP contribution is 2.28. The van der Waals surface area contributed by atoms with Crippen LogP contribution in [0.1, 0.15) is 16.6 Å². The summed E-state index contributed by atoms with van der Waals surface area (Å²) in [4.78, 5) is 23.3. The van der Waals surface area contributed by atoms with E-state index in [1.807, 2.05) is 0 Å². The van der Waals surface area contributed by atoms with Gasteiger partial charge in [0.05, 0.1) is 11.5 Å². The molecule has 0 spiro atoms. The molecule has 1 N–H and O–H groups in total. The van der Waals surface area contributed by atoms with Crippen LogP contribution in [0.2, 0.25) is 0 Å². The Morgan fingerprint density at radius 3 is 2.82 bits per heavy atom. The number of carbonyl (C=O) groups excluding carboxylic acids is 2. The zero-order valence-corrected chi connectivity index (χ0v) is 9.91. The molecule has 2 rings (SSSR count). The van der Waals surface area contributed by atoms with Gasteiger partial charge in [-0.1, -0.05) is 0 Å². The van der Waals surface area contributed by atoms with E-state index >= 15 is 0 Å². The number of phenols is 1. The van der Waals surface area contributed by atoms with Crippen LogP contribution in [0.4, 0.5) is 0 Å². The van der Waals surface area contributed by atoms with E-state index in [9.17, 15) is 14.7 Å². The number of benzene rings is 1. The van der Waals surface area contributed by atoms with Crippen molar-refractivity contribution in [3.05, 3.63) is 29.1 Å². The number of hydrogen-bond donors (Lipinski definition) is 1. The molecule has 1 aromatic carbocycles. The van der Waals surface area contributed by atoms with Crippen molar-refractivity contribution in [2.24, 2.45) is 0 Å². The zero-order valence-electron chi connectivity index (χ0n) is 9.10. The Morgan fingerprint density at radius 1 is 1.35 bits per heavy atom. The molecule has 0 aliphatic carbocycles. The molecule has 0 unspecified atom stereocenters. The Balaban J connectivity index is 2.36. The van der Waals surface area contributed by atoms with Crippen molar-refractivity contribution in [2.75, 3.05) is 6.61 Å². The van der Waals surface area contributed by atoms with E-state index in [0.29, 0.717) is 4.88 Å². The van der Waals surface area contributed by atoms with Gasteiger partial charge in [-0.3, -0.25) is 4.79 Å². The van der Waals surface area contributed by atoms with E-state index < -0.39 is 11.8 Å². The molecule has 0 aliphatic heterocycles. The smallest absolute Gasteiger partial charge is 0.380 e. The molecule has 1 heterocycles. The molecule has 17 heavy (non-hydrogen) atoms. The van der Waals surface area contributed by atoms with E-state index in [4.69, 9.17) is 0 Å². The van der Waals surface area contributed by atoms with Gasteiger partial charge in [-0.25, -0.2) is 4.79 Å². The number of fused-ring (bicyclic) bond motifs is 1. The van der Waals surface area contributed by atoms with Gasteiger partial charge < -0.3 is 9.84 Å². The van der Waals surface area contributed by atoms with Gasteiger partial charge in [0.1, 0.15) is 5.75 Å². The normalized spacial score (nSPS) is 10.4. The van der Waals surface area contributed by atoms with Crippen molar-refractivity contribution in [3.63, 3.8) is 0 Å². The Bertz CT molecular complexity index is 585. The molecule has 88 valence electrons. The molecule has 0 amide bonds. The Hall–Kier alpha value is -1.88. The lowest BCUT2D eigenvalue weighted by molar-refractivity contribution is -0.137. The maximum Gasteiger partial charge on any atom is 0.380 e. The second kappa shape index (κ2) is 4.55. The number of thiophene rings is 1. The monoisotopic (exact) mass is 250 g/mol. The molecule has 2 aromatic rings. The lowest BCUT2D eigenvalue weighted by Crippen LogP contribution is -2.16. The summed E-state index contributed by atoms with van der Waals surface area (Å²) in [6.07, 6.45) is 0. The Kier molecular flexibility index (Phi) is 3.10. The molecule has 0 bridgehead atoms. The third kappa shape index (κ3) is 2.29. The predicted molar refractivity (Wildman–Crippen MR) is 64.5 cm³/mol. The fourth-order valence-corrected chi connectivity index (χ4v) is 2.41. The number of esters is 1. The number of ether oxygens (including phenoxy) is 1. The minimum absolute atomic E-state index is 0.130. The SMILES string of the molecule is CCOC(=O)C(=O)c1cc2cc(O)ccc2s1. The fraction of sp³-hybridized carbons (Fsp3) is 0.167. The first kappa shape index (κ1) is 11.6. The molecule has 0 saturated carbocycles.